The van der Waals surface area contributed by atoms with Gasteiger partial charge in [-0.05, 0) is 18.6 Å². The molecular formula is C11H13ClF3N3O. The molecule has 19 heavy (non-hydrogen) atoms. The third kappa shape index (κ3) is 5.34. The summed E-state index contributed by atoms with van der Waals surface area (Å²) in [6, 6.07) is 3.08. The van der Waals surface area contributed by atoms with Crippen molar-refractivity contribution in [3.63, 3.8) is 0 Å². The van der Waals surface area contributed by atoms with Gasteiger partial charge in [0.05, 0.1) is 5.02 Å². The molecule has 1 aromatic heterocycles. The average Bonchev–Trinajstić information content (AvgIpc) is 2.34. The Hall–Kier alpha value is -1.50. The summed E-state index contributed by atoms with van der Waals surface area (Å²) < 4.78 is 35.7. The maximum absolute atomic E-state index is 11.9. The van der Waals surface area contributed by atoms with E-state index >= 15 is 0 Å². The van der Waals surface area contributed by atoms with Crippen LogP contribution in [0, 0.1) is 0 Å². The van der Waals surface area contributed by atoms with Gasteiger partial charge in [-0.3, -0.25) is 4.79 Å². The Kier molecular flexibility index (Phi) is 5.41. The Morgan fingerprint density at radius 3 is 2.68 bits per heavy atom. The van der Waals surface area contributed by atoms with Crippen molar-refractivity contribution in [2.75, 3.05) is 18.9 Å². The van der Waals surface area contributed by atoms with Gasteiger partial charge in [0.25, 0.3) is 5.91 Å². The Bertz CT molecular complexity index is 451. The minimum Gasteiger partial charge on any atom is -0.373 e. The molecular weight excluding hydrogens is 283 g/mol. The fraction of sp³-hybridized carbons (Fsp3) is 0.455. The Balaban J connectivity index is 2.54. The lowest BCUT2D eigenvalue weighted by molar-refractivity contribution is -0.135. The molecule has 2 N–H and O–H groups in total. The summed E-state index contributed by atoms with van der Waals surface area (Å²) in [6.45, 7) is -0.0832. The maximum Gasteiger partial charge on any atom is 0.389 e. The zero-order valence-electron chi connectivity index (χ0n) is 10.1. The SMILES string of the molecule is CNc1ccc(Cl)c(C(=O)NCCCC(F)(F)F)n1. The third-order valence-corrected chi connectivity index (χ3v) is 2.54. The van der Waals surface area contributed by atoms with Crippen LogP contribution in [0.2, 0.25) is 5.02 Å². The first-order valence-corrected chi connectivity index (χ1v) is 5.90. The highest BCUT2D eigenvalue weighted by atomic mass is 35.5. The number of halogens is 4. The first-order valence-electron chi connectivity index (χ1n) is 5.53. The summed E-state index contributed by atoms with van der Waals surface area (Å²) in [5.74, 6) is -0.144. The van der Waals surface area contributed by atoms with E-state index in [-0.39, 0.29) is 23.7 Å². The highest BCUT2D eigenvalue weighted by molar-refractivity contribution is 6.33. The van der Waals surface area contributed by atoms with Gasteiger partial charge < -0.3 is 10.6 Å². The third-order valence-electron chi connectivity index (χ3n) is 2.24. The molecule has 0 spiro atoms. The number of rotatable bonds is 5. The van der Waals surface area contributed by atoms with Gasteiger partial charge in [0, 0.05) is 20.0 Å². The number of nitrogens with one attached hydrogen (secondary N) is 2. The van der Waals surface area contributed by atoms with Crippen molar-refractivity contribution in [2.45, 2.75) is 19.0 Å². The quantitative estimate of drug-likeness (QED) is 0.821. The van der Waals surface area contributed by atoms with Crippen LogP contribution in [-0.2, 0) is 0 Å². The Morgan fingerprint density at radius 2 is 2.11 bits per heavy atom. The maximum atomic E-state index is 11.9. The topological polar surface area (TPSA) is 54.0 Å². The second-order valence-electron chi connectivity index (χ2n) is 3.75. The lowest BCUT2D eigenvalue weighted by Gasteiger charge is -2.09. The van der Waals surface area contributed by atoms with Crippen LogP contribution in [-0.4, -0.2) is 30.7 Å². The predicted octanol–water partition coefficient (Wildman–Crippen LogP) is 2.85. The van der Waals surface area contributed by atoms with Crippen molar-refractivity contribution >= 4 is 23.3 Å². The van der Waals surface area contributed by atoms with Gasteiger partial charge >= 0.3 is 6.18 Å². The Morgan fingerprint density at radius 1 is 1.42 bits per heavy atom. The summed E-state index contributed by atoms with van der Waals surface area (Å²) in [5, 5.41) is 5.23. The van der Waals surface area contributed by atoms with E-state index in [1.54, 1.807) is 13.1 Å². The number of hydrogen-bond acceptors (Lipinski definition) is 3. The minimum atomic E-state index is -4.22. The zero-order chi connectivity index (χ0) is 14.5. The number of alkyl halides is 3. The fourth-order valence-corrected chi connectivity index (χ4v) is 1.51. The van der Waals surface area contributed by atoms with Crippen molar-refractivity contribution in [3.8, 4) is 0 Å². The smallest absolute Gasteiger partial charge is 0.373 e. The van der Waals surface area contributed by atoms with Crippen LogP contribution in [0.1, 0.15) is 23.3 Å². The molecule has 0 bridgehead atoms. The van der Waals surface area contributed by atoms with E-state index in [0.29, 0.717) is 5.82 Å². The van der Waals surface area contributed by atoms with Crippen molar-refractivity contribution < 1.29 is 18.0 Å². The van der Waals surface area contributed by atoms with E-state index in [0.717, 1.165) is 0 Å². The summed E-state index contributed by atoms with van der Waals surface area (Å²) in [5.41, 5.74) is -0.0134. The molecule has 106 valence electrons. The normalized spacial score (nSPS) is 11.2. The molecule has 0 fully saturated rings. The minimum absolute atomic E-state index is 0.0134. The summed E-state index contributed by atoms with van der Waals surface area (Å²) in [4.78, 5) is 15.6. The predicted molar refractivity (Wildman–Crippen MR) is 66.4 cm³/mol. The average molecular weight is 296 g/mol. The van der Waals surface area contributed by atoms with Crippen LogP contribution in [0.15, 0.2) is 12.1 Å². The van der Waals surface area contributed by atoms with Crippen molar-refractivity contribution in [2.24, 2.45) is 0 Å². The van der Waals surface area contributed by atoms with Gasteiger partial charge in [-0.1, -0.05) is 11.6 Å². The van der Waals surface area contributed by atoms with E-state index < -0.39 is 18.5 Å². The molecule has 0 aromatic carbocycles. The molecule has 0 aliphatic heterocycles. The van der Waals surface area contributed by atoms with E-state index in [4.69, 9.17) is 11.6 Å². The number of carbonyl (C=O) groups excluding carboxylic acids is 1. The van der Waals surface area contributed by atoms with E-state index in [1.165, 1.54) is 6.07 Å². The van der Waals surface area contributed by atoms with Gasteiger partial charge in [-0.25, -0.2) is 4.98 Å². The van der Waals surface area contributed by atoms with Gasteiger partial charge in [-0.2, -0.15) is 13.2 Å². The number of aromatic nitrogens is 1. The van der Waals surface area contributed by atoms with E-state index in [9.17, 15) is 18.0 Å². The fourth-order valence-electron chi connectivity index (χ4n) is 1.32. The molecule has 0 unspecified atom stereocenters. The molecule has 0 atom stereocenters. The molecule has 1 aromatic rings. The first-order chi connectivity index (χ1) is 8.83. The van der Waals surface area contributed by atoms with Crippen LogP contribution >= 0.6 is 11.6 Å². The number of amides is 1. The number of hydrogen-bond donors (Lipinski definition) is 2. The molecule has 1 rings (SSSR count). The summed E-state index contributed by atoms with van der Waals surface area (Å²) in [6.07, 6.45) is -5.34. The standard InChI is InChI=1S/C11H13ClF3N3O/c1-16-8-4-3-7(12)9(18-8)10(19)17-6-2-5-11(13,14)15/h3-4H,2,5-6H2,1H3,(H,16,18)(H,17,19). The van der Waals surface area contributed by atoms with Gasteiger partial charge in [0.2, 0.25) is 0 Å². The lowest BCUT2D eigenvalue weighted by atomic mass is 10.3. The lowest BCUT2D eigenvalue weighted by Crippen LogP contribution is -2.26. The molecule has 0 aliphatic rings. The van der Waals surface area contributed by atoms with E-state index in [1.807, 2.05) is 0 Å². The van der Waals surface area contributed by atoms with Gasteiger partial charge in [-0.15, -0.1) is 0 Å². The zero-order valence-corrected chi connectivity index (χ0v) is 10.9. The van der Waals surface area contributed by atoms with Crippen LogP contribution in [0.25, 0.3) is 0 Å². The Labute approximate surface area is 113 Å². The second-order valence-corrected chi connectivity index (χ2v) is 4.16. The monoisotopic (exact) mass is 295 g/mol. The second kappa shape index (κ2) is 6.60. The van der Waals surface area contributed by atoms with Crippen LogP contribution in [0.5, 0.6) is 0 Å². The van der Waals surface area contributed by atoms with Gasteiger partial charge in [0.1, 0.15) is 11.5 Å². The number of carbonyl (C=O) groups is 1. The molecule has 0 saturated carbocycles. The number of pyridine rings is 1. The van der Waals surface area contributed by atoms with Crippen molar-refractivity contribution in [1.82, 2.24) is 10.3 Å². The number of anilines is 1. The van der Waals surface area contributed by atoms with Gasteiger partial charge in [0.15, 0.2) is 0 Å². The highest BCUT2D eigenvalue weighted by Crippen LogP contribution is 2.21. The molecule has 0 aliphatic carbocycles. The summed E-state index contributed by atoms with van der Waals surface area (Å²) in [7, 11) is 1.63. The molecule has 4 nitrogen and oxygen atoms in total. The highest BCUT2D eigenvalue weighted by Gasteiger charge is 2.26. The van der Waals surface area contributed by atoms with Crippen LogP contribution in [0.3, 0.4) is 0 Å². The molecule has 1 amide bonds. The number of nitrogens with zero attached hydrogens (tertiary/aromatic N) is 1. The van der Waals surface area contributed by atoms with Crippen LogP contribution in [0.4, 0.5) is 19.0 Å². The molecule has 8 heteroatoms. The van der Waals surface area contributed by atoms with Crippen molar-refractivity contribution in [1.29, 1.82) is 0 Å². The first kappa shape index (κ1) is 15.6. The van der Waals surface area contributed by atoms with E-state index in [2.05, 4.69) is 15.6 Å². The summed E-state index contributed by atoms with van der Waals surface area (Å²) >= 11 is 5.80. The molecule has 1 heterocycles. The molecule has 0 saturated heterocycles. The van der Waals surface area contributed by atoms with Crippen molar-refractivity contribution in [3.05, 3.63) is 22.8 Å². The van der Waals surface area contributed by atoms with Crippen LogP contribution < -0.4 is 10.6 Å². The largest absolute Gasteiger partial charge is 0.389 e. The molecule has 0 radical (unpaired) electrons.